The summed E-state index contributed by atoms with van der Waals surface area (Å²) in [4.78, 5) is 15.6. The lowest BCUT2D eigenvalue weighted by molar-refractivity contribution is -0.130. The monoisotopic (exact) mass is 495 g/mol. The topological polar surface area (TPSA) is 35.9 Å². The molecule has 0 saturated carbocycles. The lowest BCUT2D eigenvalue weighted by Gasteiger charge is -2.28. The van der Waals surface area contributed by atoms with Crippen LogP contribution < -0.4 is 0 Å². The number of fused-ring (bicyclic) bond motifs is 1. The summed E-state index contributed by atoms with van der Waals surface area (Å²) in [6.45, 7) is 1.95. The molecule has 33 heavy (non-hydrogen) atoms. The number of thioether (sulfide) groups is 2. The Balaban J connectivity index is 1.34. The van der Waals surface area contributed by atoms with Crippen molar-refractivity contribution in [3.05, 3.63) is 70.8 Å². The molecule has 2 aromatic rings. The van der Waals surface area contributed by atoms with Crippen LogP contribution >= 0.6 is 35.7 Å². The Bertz CT molecular complexity index is 1050. The van der Waals surface area contributed by atoms with Crippen LogP contribution in [0.3, 0.4) is 0 Å². The number of hydrogen-bond acceptors (Lipinski definition) is 5. The third kappa shape index (κ3) is 5.31. The van der Waals surface area contributed by atoms with Crippen molar-refractivity contribution < 1.29 is 4.79 Å². The molecule has 1 atom stereocenters. The predicted octanol–water partition coefficient (Wildman–Crippen LogP) is 5.31. The normalized spacial score (nSPS) is 20.4. The van der Waals surface area contributed by atoms with E-state index in [9.17, 15) is 4.79 Å². The smallest absolute Gasteiger partial charge is 0.253 e. The Labute approximate surface area is 210 Å². The number of thiocarbonyl (C=S) groups is 1. The van der Waals surface area contributed by atoms with Crippen molar-refractivity contribution >= 4 is 51.7 Å². The molecule has 0 spiro atoms. The molecule has 0 aromatic heterocycles. The zero-order valence-electron chi connectivity index (χ0n) is 18.7. The quantitative estimate of drug-likeness (QED) is 0.537. The number of carbonyl (C=O) groups is 1. The fourth-order valence-corrected chi connectivity index (χ4v) is 6.80. The predicted molar refractivity (Wildman–Crippen MR) is 144 cm³/mol. The van der Waals surface area contributed by atoms with Crippen LogP contribution in [0.15, 0.2) is 53.6 Å². The first kappa shape index (κ1) is 22.9. The second-order valence-electron chi connectivity index (χ2n) is 8.76. The Morgan fingerprint density at radius 1 is 1.06 bits per heavy atom. The number of benzene rings is 2. The van der Waals surface area contributed by atoms with E-state index in [-0.39, 0.29) is 11.9 Å². The van der Waals surface area contributed by atoms with E-state index in [0.29, 0.717) is 5.75 Å². The lowest BCUT2D eigenvalue weighted by atomic mass is 9.89. The van der Waals surface area contributed by atoms with Crippen LogP contribution in [0.1, 0.15) is 47.6 Å². The Morgan fingerprint density at radius 3 is 2.61 bits per heavy atom. The highest BCUT2D eigenvalue weighted by atomic mass is 32.2. The molecule has 1 aliphatic carbocycles. The molecule has 1 amide bonds. The zero-order chi connectivity index (χ0) is 22.6. The average Bonchev–Trinajstić information content (AvgIpc) is 3.33. The van der Waals surface area contributed by atoms with Crippen molar-refractivity contribution in [3.8, 4) is 0 Å². The van der Waals surface area contributed by atoms with Crippen molar-refractivity contribution in [1.29, 1.82) is 0 Å². The first-order valence-corrected chi connectivity index (χ1v) is 14.3. The van der Waals surface area contributed by atoms with Gasteiger partial charge in [0.15, 0.2) is 0 Å². The molecule has 1 saturated heterocycles. The number of hydrazone groups is 1. The Kier molecular flexibility index (Phi) is 7.38. The van der Waals surface area contributed by atoms with Gasteiger partial charge in [-0.25, -0.2) is 5.01 Å². The molecule has 4 nitrogen and oxygen atoms in total. The third-order valence-electron chi connectivity index (χ3n) is 6.62. The van der Waals surface area contributed by atoms with Crippen LogP contribution in [-0.4, -0.2) is 56.2 Å². The molecule has 172 valence electrons. The largest absolute Gasteiger partial charge is 0.356 e. The molecule has 0 radical (unpaired) electrons. The molecule has 2 aliphatic heterocycles. The highest BCUT2D eigenvalue weighted by molar-refractivity contribution is 8.23. The molecule has 1 fully saturated rings. The van der Waals surface area contributed by atoms with Crippen molar-refractivity contribution in [2.24, 2.45) is 5.10 Å². The number of carbonyl (C=O) groups excluding carboxylic acids is 1. The van der Waals surface area contributed by atoms with Gasteiger partial charge in [-0.15, -0.1) is 0 Å². The molecule has 0 bridgehead atoms. The van der Waals surface area contributed by atoms with Gasteiger partial charge in [-0.3, -0.25) is 4.79 Å². The van der Waals surface area contributed by atoms with E-state index < -0.39 is 0 Å². The van der Waals surface area contributed by atoms with E-state index in [1.54, 1.807) is 5.01 Å². The van der Waals surface area contributed by atoms with E-state index in [0.717, 1.165) is 58.6 Å². The van der Waals surface area contributed by atoms with Crippen molar-refractivity contribution in [2.75, 3.05) is 30.3 Å². The molecule has 7 heteroatoms. The van der Waals surface area contributed by atoms with Crippen LogP contribution in [0.5, 0.6) is 0 Å². The SMILES string of the molecule is O=C(CSC(=S)N1CCSCC1)N1N=C(c2ccc3c(c2)CCCC3)C[C@H]1c1ccccc1. The number of nitrogens with zero attached hydrogens (tertiary/aromatic N) is 3. The van der Waals surface area contributed by atoms with Gasteiger partial charge in [0.1, 0.15) is 4.32 Å². The summed E-state index contributed by atoms with van der Waals surface area (Å²) in [5, 5.41) is 6.60. The summed E-state index contributed by atoms with van der Waals surface area (Å²) in [6, 6.07) is 17.0. The fraction of sp³-hybridized carbons (Fsp3) is 0.423. The summed E-state index contributed by atoms with van der Waals surface area (Å²) in [6.07, 6.45) is 5.60. The molecular formula is C26H29N3OS3. The number of amides is 1. The first-order valence-electron chi connectivity index (χ1n) is 11.7. The molecule has 5 rings (SSSR count). The van der Waals surface area contributed by atoms with Gasteiger partial charge >= 0.3 is 0 Å². The Hall–Kier alpha value is -1.83. The van der Waals surface area contributed by atoms with Gasteiger partial charge in [-0.2, -0.15) is 16.9 Å². The van der Waals surface area contributed by atoms with E-state index in [1.807, 2.05) is 30.0 Å². The van der Waals surface area contributed by atoms with Gasteiger partial charge in [0, 0.05) is 31.0 Å². The number of hydrogen-bond donors (Lipinski definition) is 0. The standard InChI is InChI=1S/C26H29N3OS3/c30-25(18-33-26(31)28-12-14-32-15-13-28)29-24(20-7-2-1-3-8-20)17-23(27-29)22-11-10-19-6-4-5-9-21(19)16-22/h1-3,7-8,10-11,16,24H,4-6,9,12-15,17-18H2/t24-/m0/s1. The lowest BCUT2D eigenvalue weighted by Crippen LogP contribution is -2.36. The number of rotatable bonds is 4. The van der Waals surface area contributed by atoms with E-state index in [1.165, 1.54) is 42.2 Å². The minimum absolute atomic E-state index is 0.0237. The van der Waals surface area contributed by atoms with Crippen LogP contribution in [0.2, 0.25) is 0 Å². The van der Waals surface area contributed by atoms with Gasteiger partial charge in [0.05, 0.1) is 17.5 Å². The molecule has 2 aromatic carbocycles. The second-order valence-corrected chi connectivity index (χ2v) is 11.6. The summed E-state index contributed by atoms with van der Waals surface area (Å²) in [7, 11) is 0. The van der Waals surface area contributed by atoms with Crippen molar-refractivity contribution in [3.63, 3.8) is 0 Å². The van der Waals surface area contributed by atoms with Gasteiger partial charge in [0.2, 0.25) is 0 Å². The van der Waals surface area contributed by atoms with Gasteiger partial charge in [-0.05, 0) is 54.0 Å². The van der Waals surface area contributed by atoms with Gasteiger partial charge < -0.3 is 4.90 Å². The maximum atomic E-state index is 13.3. The summed E-state index contributed by atoms with van der Waals surface area (Å²) in [5.74, 6) is 2.55. The Morgan fingerprint density at radius 2 is 1.82 bits per heavy atom. The van der Waals surface area contributed by atoms with Crippen LogP contribution in [0.25, 0.3) is 0 Å². The summed E-state index contributed by atoms with van der Waals surface area (Å²) < 4.78 is 0.831. The second kappa shape index (κ2) is 10.6. The first-order chi connectivity index (χ1) is 16.2. The molecule has 0 unspecified atom stereocenters. The van der Waals surface area contributed by atoms with Crippen molar-refractivity contribution in [2.45, 2.75) is 38.1 Å². The minimum Gasteiger partial charge on any atom is -0.356 e. The van der Waals surface area contributed by atoms with Crippen molar-refractivity contribution in [1.82, 2.24) is 9.91 Å². The maximum Gasteiger partial charge on any atom is 0.253 e. The van der Waals surface area contributed by atoms with Gasteiger partial charge in [-0.1, -0.05) is 66.4 Å². The average molecular weight is 496 g/mol. The van der Waals surface area contributed by atoms with E-state index in [2.05, 4.69) is 35.2 Å². The molecule has 0 N–H and O–H groups in total. The minimum atomic E-state index is -0.0645. The molecule has 3 aliphatic rings. The summed E-state index contributed by atoms with van der Waals surface area (Å²) in [5.41, 5.74) is 6.20. The van der Waals surface area contributed by atoms with Crippen LogP contribution in [0, 0.1) is 0 Å². The highest BCUT2D eigenvalue weighted by Gasteiger charge is 2.33. The van der Waals surface area contributed by atoms with Gasteiger partial charge in [0.25, 0.3) is 5.91 Å². The van der Waals surface area contributed by atoms with Crippen LogP contribution in [0.4, 0.5) is 0 Å². The molecule has 2 heterocycles. The maximum absolute atomic E-state index is 13.3. The summed E-state index contributed by atoms with van der Waals surface area (Å²) >= 11 is 9.06. The highest BCUT2D eigenvalue weighted by Crippen LogP contribution is 2.34. The van der Waals surface area contributed by atoms with E-state index >= 15 is 0 Å². The fourth-order valence-electron chi connectivity index (χ4n) is 4.79. The van der Waals surface area contributed by atoms with Crippen LogP contribution in [-0.2, 0) is 17.6 Å². The third-order valence-corrected chi connectivity index (χ3v) is 9.07. The van der Waals surface area contributed by atoms with E-state index in [4.69, 9.17) is 17.3 Å². The number of aryl methyl sites for hydroxylation is 2. The zero-order valence-corrected chi connectivity index (χ0v) is 21.2. The molecular weight excluding hydrogens is 467 g/mol.